The molecule has 0 N–H and O–H groups in total. The molecule has 0 aromatic rings. The summed E-state index contributed by atoms with van der Waals surface area (Å²) in [5, 5.41) is 0.196. The van der Waals surface area contributed by atoms with E-state index < -0.39 is 0 Å². The van der Waals surface area contributed by atoms with Crippen molar-refractivity contribution in [1.29, 1.82) is 0 Å². The number of ether oxygens (including phenoxy) is 1. The van der Waals surface area contributed by atoms with Crippen molar-refractivity contribution in [1.82, 2.24) is 0 Å². The third-order valence-electron chi connectivity index (χ3n) is 1.92. The molecule has 3 unspecified atom stereocenters. The zero-order valence-corrected chi connectivity index (χ0v) is 7.40. The summed E-state index contributed by atoms with van der Waals surface area (Å²) in [7, 11) is 0. The third-order valence-corrected chi connectivity index (χ3v) is 2.16. The summed E-state index contributed by atoms with van der Waals surface area (Å²) >= 11 is 5.82. The molecular formula is C8H15ClO. The van der Waals surface area contributed by atoms with Gasteiger partial charge in [0.2, 0.25) is 0 Å². The standard InChI is InChI=1S/C8H15ClO/c1-3-4-5-7-8(10-7)6(2)9/h6-8H,3-5H2,1-2H3. The fourth-order valence-corrected chi connectivity index (χ4v) is 1.42. The Morgan fingerprint density at radius 3 is 2.70 bits per heavy atom. The number of unbranched alkanes of at least 4 members (excludes halogenated alkanes) is 1. The van der Waals surface area contributed by atoms with Crippen LogP contribution in [-0.2, 0) is 4.74 Å². The highest BCUT2D eigenvalue weighted by atomic mass is 35.5. The smallest absolute Gasteiger partial charge is 0.100 e. The van der Waals surface area contributed by atoms with Crippen LogP contribution in [0.25, 0.3) is 0 Å². The van der Waals surface area contributed by atoms with Crippen LogP contribution in [0, 0.1) is 0 Å². The van der Waals surface area contributed by atoms with Crippen LogP contribution in [0.3, 0.4) is 0 Å². The number of alkyl halides is 1. The van der Waals surface area contributed by atoms with Crippen molar-refractivity contribution in [2.24, 2.45) is 0 Å². The molecule has 1 aliphatic rings. The van der Waals surface area contributed by atoms with Gasteiger partial charge < -0.3 is 4.74 Å². The highest BCUT2D eigenvalue weighted by Crippen LogP contribution is 2.31. The Bertz CT molecular complexity index is 103. The van der Waals surface area contributed by atoms with Crippen LogP contribution in [0.15, 0.2) is 0 Å². The van der Waals surface area contributed by atoms with Crippen molar-refractivity contribution in [3.63, 3.8) is 0 Å². The van der Waals surface area contributed by atoms with Crippen LogP contribution >= 0.6 is 11.6 Å². The van der Waals surface area contributed by atoms with Gasteiger partial charge in [-0.05, 0) is 13.3 Å². The molecule has 0 aliphatic carbocycles. The molecule has 3 atom stereocenters. The van der Waals surface area contributed by atoms with Crippen molar-refractivity contribution in [3.05, 3.63) is 0 Å². The highest BCUT2D eigenvalue weighted by molar-refractivity contribution is 6.21. The van der Waals surface area contributed by atoms with Crippen molar-refractivity contribution in [2.45, 2.75) is 50.7 Å². The normalized spacial score (nSPS) is 33.9. The molecule has 0 radical (unpaired) electrons. The van der Waals surface area contributed by atoms with E-state index in [1.54, 1.807) is 0 Å². The summed E-state index contributed by atoms with van der Waals surface area (Å²) in [4.78, 5) is 0. The Morgan fingerprint density at radius 2 is 2.30 bits per heavy atom. The first-order chi connectivity index (χ1) is 4.75. The monoisotopic (exact) mass is 162 g/mol. The predicted octanol–water partition coefficient (Wildman–Crippen LogP) is 2.57. The zero-order valence-electron chi connectivity index (χ0n) is 6.64. The SMILES string of the molecule is CCCCC1OC1C(C)Cl. The number of rotatable bonds is 4. The van der Waals surface area contributed by atoms with E-state index in [1.807, 2.05) is 6.92 Å². The lowest BCUT2D eigenvalue weighted by atomic mass is 10.1. The molecule has 1 saturated heterocycles. The van der Waals surface area contributed by atoms with Gasteiger partial charge in [0.25, 0.3) is 0 Å². The van der Waals surface area contributed by atoms with Gasteiger partial charge in [-0.1, -0.05) is 19.8 Å². The Morgan fingerprint density at radius 1 is 1.60 bits per heavy atom. The number of hydrogen-bond acceptors (Lipinski definition) is 1. The molecule has 1 rings (SSSR count). The van der Waals surface area contributed by atoms with Crippen LogP contribution in [0.2, 0.25) is 0 Å². The quantitative estimate of drug-likeness (QED) is 0.457. The first-order valence-corrected chi connectivity index (χ1v) is 4.49. The molecule has 0 aromatic heterocycles. The molecule has 60 valence electrons. The summed E-state index contributed by atoms with van der Waals surface area (Å²) in [6, 6.07) is 0. The lowest BCUT2D eigenvalue weighted by Crippen LogP contribution is -2.04. The van der Waals surface area contributed by atoms with E-state index in [-0.39, 0.29) is 5.38 Å². The molecule has 0 amide bonds. The molecule has 1 heterocycles. The maximum absolute atomic E-state index is 5.82. The van der Waals surface area contributed by atoms with Gasteiger partial charge in [-0.3, -0.25) is 0 Å². The summed E-state index contributed by atoms with van der Waals surface area (Å²) in [6.07, 6.45) is 4.55. The van der Waals surface area contributed by atoms with Crippen LogP contribution < -0.4 is 0 Å². The molecule has 0 saturated carbocycles. The van der Waals surface area contributed by atoms with Crippen molar-refractivity contribution in [2.75, 3.05) is 0 Å². The Balaban J connectivity index is 2.02. The number of halogens is 1. The minimum absolute atomic E-state index is 0.196. The van der Waals surface area contributed by atoms with Gasteiger partial charge in [0.05, 0.1) is 11.5 Å². The maximum Gasteiger partial charge on any atom is 0.100 e. The van der Waals surface area contributed by atoms with Crippen molar-refractivity contribution < 1.29 is 4.74 Å². The summed E-state index contributed by atoms with van der Waals surface area (Å²) < 4.78 is 5.35. The lowest BCUT2D eigenvalue weighted by molar-refractivity contribution is 0.358. The van der Waals surface area contributed by atoms with Gasteiger partial charge >= 0.3 is 0 Å². The van der Waals surface area contributed by atoms with Gasteiger partial charge in [-0.15, -0.1) is 11.6 Å². The molecule has 0 bridgehead atoms. The molecule has 0 spiro atoms. The molecular weight excluding hydrogens is 148 g/mol. The zero-order chi connectivity index (χ0) is 7.56. The second kappa shape index (κ2) is 3.59. The fourth-order valence-electron chi connectivity index (χ4n) is 1.20. The minimum atomic E-state index is 0.196. The lowest BCUT2D eigenvalue weighted by Gasteiger charge is -1.94. The largest absolute Gasteiger partial charge is 0.368 e. The van der Waals surface area contributed by atoms with E-state index in [9.17, 15) is 0 Å². The Kier molecular flexibility index (Phi) is 2.99. The first-order valence-electron chi connectivity index (χ1n) is 4.05. The number of hydrogen-bond donors (Lipinski definition) is 0. The van der Waals surface area contributed by atoms with Gasteiger partial charge in [0.15, 0.2) is 0 Å². The second-order valence-corrected chi connectivity index (χ2v) is 3.65. The Hall–Kier alpha value is 0.250. The van der Waals surface area contributed by atoms with Gasteiger partial charge in [-0.25, -0.2) is 0 Å². The maximum atomic E-state index is 5.82. The van der Waals surface area contributed by atoms with Crippen LogP contribution in [0.5, 0.6) is 0 Å². The van der Waals surface area contributed by atoms with Crippen LogP contribution in [0.4, 0.5) is 0 Å². The fraction of sp³-hybridized carbons (Fsp3) is 1.00. The predicted molar refractivity (Wildman–Crippen MR) is 43.5 cm³/mol. The van der Waals surface area contributed by atoms with Gasteiger partial charge in [0.1, 0.15) is 6.10 Å². The summed E-state index contributed by atoms with van der Waals surface area (Å²) in [5.74, 6) is 0. The van der Waals surface area contributed by atoms with Crippen molar-refractivity contribution >= 4 is 11.6 Å². The molecule has 0 aromatic carbocycles. The molecule has 10 heavy (non-hydrogen) atoms. The molecule has 1 fully saturated rings. The van der Waals surface area contributed by atoms with E-state index in [0.717, 1.165) is 0 Å². The minimum Gasteiger partial charge on any atom is -0.368 e. The Labute approximate surface area is 67.7 Å². The van der Waals surface area contributed by atoms with Crippen LogP contribution in [0.1, 0.15) is 33.1 Å². The third kappa shape index (κ3) is 2.14. The van der Waals surface area contributed by atoms with Crippen molar-refractivity contribution in [3.8, 4) is 0 Å². The van der Waals surface area contributed by atoms with E-state index in [0.29, 0.717) is 12.2 Å². The average molecular weight is 163 g/mol. The molecule has 1 aliphatic heterocycles. The number of epoxide rings is 1. The summed E-state index contributed by atoms with van der Waals surface area (Å²) in [6.45, 7) is 4.19. The average Bonchev–Trinajstić information content (AvgIpc) is 2.62. The second-order valence-electron chi connectivity index (χ2n) is 2.96. The van der Waals surface area contributed by atoms with E-state index in [2.05, 4.69) is 6.92 Å². The molecule has 2 heteroatoms. The van der Waals surface area contributed by atoms with Gasteiger partial charge in [-0.2, -0.15) is 0 Å². The topological polar surface area (TPSA) is 12.5 Å². The highest BCUT2D eigenvalue weighted by Gasteiger charge is 2.41. The van der Waals surface area contributed by atoms with Crippen LogP contribution in [-0.4, -0.2) is 17.6 Å². The van der Waals surface area contributed by atoms with Gasteiger partial charge in [0, 0.05) is 0 Å². The first kappa shape index (κ1) is 8.35. The van der Waals surface area contributed by atoms with E-state index in [1.165, 1.54) is 19.3 Å². The van der Waals surface area contributed by atoms with E-state index in [4.69, 9.17) is 16.3 Å². The molecule has 1 nitrogen and oxygen atoms in total. The summed E-state index contributed by atoms with van der Waals surface area (Å²) in [5.41, 5.74) is 0. The van der Waals surface area contributed by atoms with E-state index >= 15 is 0 Å².